The van der Waals surface area contributed by atoms with Gasteiger partial charge in [-0.15, -0.1) is 0 Å². The summed E-state index contributed by atoms with van der Waals surface area (Å²) in [6, 6.07) is 7.26. The van der Waals surface area contributed by atoms with E-state index < -0.39 is 0 Å². The van der Waals surface area contributed by atoms with Crippen LogP contribution in [0.25, 0.3) is 10.9 Å². The zero-order valence-electron chi connectivity index (χ0n) is 14.3. The summed E-state index contributed by atoms with van der Waals surface area (Å²) in [6.45, 7) is 0.326. The summed E-state index contributed by atoms with van der Waals surface area (Å²) in [5, 5.41) is 20.1. The van der Waals surface area contributed by atoms with Gasteiger partial charge in [0.2, 0.25) is 0 Å². The number of benzene rings is 1. The summed E-state index contributed by atoms with van der Waals surface area (Å²) >= 11 is 6.13. The first-order chi connectivity index (χ1) is 11.7. The van der Waals surface area contributed by atoms with Crippen LogP contribution in [-0.4, -0.2) is 21.8 Å². The molecular weight excluding hydrogens is 322 g/mol. The molecule has 0 saturated heterocycles. The van der Waals surface area contributed by atoms with Gasteiger partial charge in [-0.1, -0.05) is 56.5 Å². The Bertz CT molecular complexity index is 630. The van der Waals surface area contributed by atoms with Gasteiger partial charge in [0.1, 0.15) is 11.3 Å². The minimum Gasteiger partial charge on any atom is -0.506 e. The molecule has 0 unspecified atom stereocenters. The maximum absolute atomic E-state index is 9.93. The van der Waals surface area contributed by atoms with E-state index in [4.69, 9.17) is 16.7 Å². The van der Waals surface area contributed by atoms with Crippen molar-refractivity contribution in [2.45, 2.75) is 64.2 Å². The van der Waals surface area contributed by atoms with Gasteiger partial charge in [0.15, 0.2) is 0 Å². The lowest BCUT2D eigenvalue weighted by Gasteiger charge is -2.06. The summed E-state index contributed by atoms with van der Waals surface area (Å²) < 4.78 is 0. The van der Waals surface area contributed by atoms with E-state index in [1.807, 2.05) is 12.1 Å². The fourth-order valence-corrected chi connectivity index (χ4v) is 3.22. The van der Waals surface area contributed by atoms with Gasteiger partial charge >= 0.3 is 0 Å². The van der Waals surface area contributed by atoms with E-state index in [1.54, 1.807) is 12.1 Å². The number of halogens is 1. The van der Waals surface area contributed by atoms with Crippen molar-refractivity contribution in [1.29, 1.82) is 0 Å². The molecule has 0 radical (unpaired) electrons. The summed E-state index contributed by atoms with van der Waals surface area (Å²) in [5.41, 5.74) is 1.62. The topological polar surface area (TPSA) is 53.4 Å². The van der Waals surface area contributed by atoms with Crippen LogP contribution < -0.4 is 0 Å². The fourth-order valence-electron chi connectivity index (χ4n) is 3.00. The molecule has 0 atom stereocenters. The number of phenols is 1. The molecule has 2 aromatic rings. The van der Waals surface area contributed by atoms with E-state index in [1.165, 1.54) is 38.5 Å². The lowest BCUT2D eigenvalue weighted by atomic mass is 10.1. The molecule has 0 amide bonds. The van der Waals surface area contributed by atoms with Crippen molar-refractivity contribution in [2.75, 3.05) is 6.61 Å². The number of aliphatic hydroxyl groups excluding tert-OH is 1. The van der Waals surface area contributed by atoms with Gasteiger partial charge in [-0.3, -0.25) is 0 Å². The minimum atomic E-state index is 0.192. The third kappa shape index (κ3) is 5.95. The molecule has 0 aliphatic heterocycles. The van der Waals surface area contributed by atoms with Gasteiger partial charge in [-0.25, -0.2) is 4.98 Å². The van der Waals surface area contributed by atoms with Gasteiger partial charge in [-0.2, -0.15) is 0 Å². The molecule has 1 heterocycles. The van der Waals surface area contributed by atoms with Crippen LogP contribution in [0, 0.1) is 0 Å². The number of fused-ring (bicyclic) bond motifs is 1. The van der Waals surface area contributed by atoms with Crippen LogP contribution in [-0.2, 0) is 6.42 Å². The molecule has 1 aromatic heterocycles. The molecular formula is C20H28ClNO2. The molecule has 24 heavy (non-hydrogen) atoms. The third-order valence-corrected chi connectivity index (χ3v) is 4.76. The molecule has 2 N–H and O–H groups in total. The number of phenolic OH excluding ortho intramolecular Hbond substituents is 1. The molecule has 0 aliphatic carbocycles. The number of aromatic nitrogens is 1. The average molecular weight is 350 g/mol. The summed E-state index contributed by atoms with van der Waals surface area (Å²) in [7, 11) is 0. The van der Waals surface area contributed by atoms with Crippen molar-refractivity contribution in [3.05, 3.63) is 35.0 Å². The molecule has 0 spiro atoms. The molecule has 4 heteroatoms. The van der Waals surface area contributed by atoms with Gasteiger partial charge in [0, 0.05) is 17.7 Å². The third-order valence-electron chi connectivity index (χ3n) is 4.43. The molecule has 2 rings (SSSR count). The Morgan fingerprint density at radius 2 is 1.42 bits per heavy atom. The molecule has 0 aliphatic rings. The van der Waals surface area contributed by atoms with E-state index in [-0.39, 0.29) is 5.75 Å². The Labute approximate surface area is 149 Å². The molecule has 0 saturated carbocycles. The number of aliphatic hydroxyl groups is 1. The van der Waals surface area contributed by atoms with Crippen molar-refractivity contribution in [3.63, 3.8) is 0 Å². The number of aromatic hydroxyl groups is 1. The van der Waals surface area contributed by atoms with E-state index in [0.717, 1.165) is 36.8 Å². The van der Waals surface area contributed by atoms with Crippen molar-refractivity contribution in [2.24, 2.45) is 0 Å². The molecule has 132 valence electrons. The van der Waals surface area contributed by atoms with E-state index >= 15 is 0 Å². The van der Waals surface area contributed by atoms with Crippen molar-refractivity contribution in [1.82, 2.24) is 4.98 Å². The number of unbranched alkanes of at least 4 members (excludes halogenated alkanes) is 8. The van der Waals surface area contributed by atoms with Gasteiger partial charge in [0.25, 0.3) is 0 Å². The number of hydrogen-bond acceptors (Lipinski definition) is 3. The number of pyridine rings is 1. The van der Waals surface area contributed by atoms with Crippen molar-refractivity contribution < 1.29 is 10.2 Å². The second-order valence-corrected chi connectivity index (χ2v) is 6.83. The lowest BCUT2D eigenvalue weighted by molar-refractivity contribution is 0.282. The molecule has 0 fully saturated rings. The highest BCUT2D eigenvalue weighted by molar-refractivity contribution is 6.35. The van der Waals surface area contributed by atoms with Crippen LogP contribution in [0.4, 0.5) is 0 Å². The Balaban J connectivity index is 1.66. The highest BCUT2D eigenvalue weighted by atomic mass is 35.5. The smallest absolute Gasteiger partial charge is 0.141 e. The SMILES string of the molecule is OCCCCCCCCCCCc1ccc2c(Cl)ccc(O)c2n1. The van der Waals surface area contributed by atoms with E-state index in [9.17, 15) is 5.11 Å². The number of hydrogen-bond donors (Lipinski definition) is 2. The average Bonchev–Trinajstić information content (AvgIpc) is 2.60. The predicted molar refractivity (Wildman–Crippen MR) is 101 cm³/mol. The number of rotatable bonds is 11. The first kappa shape index (κ1) is 19.0. The standard InChI is InChI=1S/C20H28ClNO2/c21-18-13-14-19(24)20-17(18)12-11-16(22-20)10-8-6-4-2-1-3-5-7-9-15-23/h11-14,23-24H,1-10,15H2. The zero-order valence-corrected chi connectivity index (χ0v) is 15.1. The second-order valence-electron chi connectivity index (χ2n) is 6.42. The highest BCUT2D eigenvalue weighted by Crippen LogP contribution is 2.29. The molecule has 0 bridgehead atoms. The molecule has 3 nitrogen and oxygen atoms in total. The summed E-state index contributed by atoms with van der Waals surface area (Å²) in [6.07, 6.45) is 11.8. The number of nitrogens with zero attached hydrogens (tertiary/aromatic N) is 1. The lowest BCUT2D eigenvalue weighted by Crippen LogP contribution is -1.92. The maximum atomic E-state index is 9.93. The van der Waals surface area contributed by atoms with Crippen molar-refractivity contribution in [3.8, 4) is 5.75 Å². The fraction of sp³-hybridized carbons (Fsp3) is 0.550. The Hall–Kier alpha value is -1.32. The number of aryl methyl sites for hydroxylation is 1. The van der Waals surface area contributed by atoms with Crippen LogP contribution in [0.1, 0.15) is 63.5 Å². The normalized spacial score (nSPS) is 11.2. The van der Waals surface area contributed by atoms with Crippen LogP contribution in [0.3, 0.4) is 0 Å². The van der Waals surface area contributed by atoms with Crippen molar-refractivity contribution >= 4 is 22.5 Å². The van der Waals surface area contributed by atoms with Crippen LogP contribution in [0.2, 0.25) is 5.02 Å². The Kier molecular flexibility index (Phi) is 8.34. The molecule has 1 aromatic carbocycles. The Morgan fingerprint density at radius 1 is 0.792 bits per heavy atom. The second kappa shape index (κ2) is 10.5. The quantitative estimate of drug-likeness (QED) is 0.516. The predicted octanol–water partition coefficient (Wildman–Crippen LogP) is 5.64. The monoisotopic (exact) mass is 349 g/mol. The van der Waals surface area contributed by atoms with Crippen LogP contribution in [0.5, 0.6) is 5.75 Å². The minimum absolute atomic E-state index is 0.192. The summed E-state index contributed by atoms with van der Waals surface area (Å²) in [4.78, 5) is 4.56. The maximum Gasteiger partial charge on any atom is 0.141 e. The first-order valence-corrected chi connectivity index (χ1v) is 9.48. The van der Waals surface area contributed by atoms with Crippen LogP contribution >= 0.6 is 11.6 Å². The highest BCUT2D eigenvalue weighted by Gasteiger charge is 2.06. The van der Waals surface area contributed by atoms with Gasteiger partial charge < -0.3 is 10.2 Å². The van der Waals surface area contributed by atoms with E-state index in [0.29, 0.717) is 17.1 Å². The van der Waals surface area contributed by atoms with E-state index in [2.05, 4.69) is 4.98 Å². The zero-order chi connectivity index (χ0) is 17.2. The van der Waals surface area contributed by atoms with Crippen LogP contribution in [0.15, 0.2) is 24.3 Å². The summed E-state index contributed by atoms with van der Waals surface area (Å²) in [5.74, 6) is 0.192. The Morgan fingerprint density at radius 3 is 2.08 bits per heavy atom. The van der Waals surface area contributed by atoms with Gasteiger partial charge in [0.05, 0.1) is 5.02 Å². The largest absolute Gasteiger partial charge is 0.506 e. The first-order valence-electron chi connectivity index (χ1n) is 9.10. The van der Waals surface area contributed by atoms with Gasteiger partial charge in [-0.05, 0) is 43.5 Å².